The van der Waals surface area contributed by atoms with Crippen LogP contribution in [-0.4, -0.2) is 11.0 Å². The van der Waals surface area contributed by atoms with E-state index in [0.29, 0.717) is 5.92 Å². The minimum atomic E-state index is 0.163. The van der Waals surface area contributed by atoms with Crippen LogP contribution in [0.4, 0.5) is 0 Å². The van der Waals surface area contributed by atoms with Gasteiger partial charge in [-0.15, -0.1) is 0 Å². The number of pyridine rings is 1. The molecular weight excluding hydrogens is 232 g/mol. The Kier molecular flexibility index (Phi) is 3.60. The lowest BCUT2D eigenvalue weighted by atomic mass is 9.80. The zero-order chi connectivity index (χ0) is 13.1. The van der Waals surface area contributed by atoms with Crippen molar-refractivity contribution in [3.63, 3.8) is 0 Å². The van der Waals surface area contributed by atoms with Crippen LogP contribution >= 0.6 is 0 Å². The SMILES string of the molecule is NC(Cc1ccccc1)C1CCCc2cccnc21. The molecule has 2 aromatic rings. The van der Waals surface area contributed by atoms with E-state index in [1.54, 1.807) is 0 Å². The first kappa shape index (κ1) is 12.4. The largest absolute Gasteiger partial charge is 0.327 e. The summed E-state index contributed by atoms with van der Waals surface area (Å²) in [7, 11) is 0. The monoisotopic (exact) mass is 252 g/mol. The van der Waals surface area contributed by atoms with Crippen LogP contribution in [0, 0.1) is 0 Å². The molecule has 0 spiro atoms. The van der Waals surface area contributed by atoms with Gasteiger partial charge in [-0.3, -0.25) is 4.98 Å². The number of rotatable bonds is 3. The van der Waals surface area contributed by atoms with E-state index in [-0.39, 0.29) is 6.04 Å². The summed E-state index contributed by atoms with van der Waals surface area (Å²) >= 11 is 0. The second kappa shape index (κ2) is 5.54. The van der Waals surface area contributed by atoms with E-state index in [4.69, 9.17) is 5.73 Å². The van der Waals surface area contributed by atoms with Crippen LogP contribution in [0.1, 0.15) is 35.6 Å². The average Bonchev–Trinajstić information content (AvgIpc) is 2.47. The molecule has 1 heterocycles. The molecule has 2 unspecified atom stereocenters. The van der Waals surface area contributed by atoms with Gasteiger partial charge in [-0.1, -0.05) is 36.4 Å². The molecule has 19 heavy (non-hydrogen) atoms. The van der Waals surface area contributed by atoms with Gasteiger partial charge in [0.05, 0.1) is 0 Å². The highest BCUT2D eigenvalue weighted by molar-refractivity contribution is 5.28. The summed E-state index contributed by atoms with van der Waals surface area (Å²) in [5.74, 6) is 0.408. The molecule has 0 aliphatic heterocycles. The van der Waals surface area contributed by atoms with E-state index in [1.165, 1.54) is 23.2 Å². The molecule has 0 amide bonds. The van der Waals surface area contributed by atoms with Crippen LogP contribution in [0.25, 0.3) is 0 Å². The van der Waals surface area contributed by atoms with Crippen molar-refractivity contribution in [2.75, 3.05) is 0 Å². The van der Waals surface area contributed by atoms with Crippen molar-refractivity contribution in [3.8, 4) is 0 Å². The van der Waals surface area contributed by atoms with Crippen LogP contribution in [0.2, 0.25) is 0 Å². The predicted octanol–water partition coefficient (Wildman–Crippen LogP) is 3.07. The van der Waals surface area contributed by atoms with Gasteiger partial charge >= 0.3 is 0 Å². The van der Waals surface area contributed by atoms with Crippen molar-refractivity contribution in [2.45, 2.75) is 37.6 Å². The third-order valence-corrected chi connectivity index (χ3v) is 4.07. The Morgan fingerprint density at radius 1 is 1.16 bits per heavy atom. The molecule has 1 aliphatic carbocycles. The Morgan fingerprint density at radius 2 is 2.00 bits per heavy atom. The second-order valence-electron chi connectivity index (χ2n) is 5.40. The van der Waals surface area contributed by atoms with Gasteiger partial charge in [0.15, 0.2) is 0 Å². The molecule has 2 atom stereocenters. The van der Waals surface area contributed by atoms with Crippen molar-refractivity contribution in [1.82, 2.24) is 4.98 Å². The summed E-state index contributed by atoms with van der Waals surface area (Å²) < 4.78 is 0. The zero-order valence-electron chi connectivity index (χ0n) is 11.1. The lowest BCUT2D eigenvalue weighted by molar-refractivity contribution is 0.449. The van der Waals surface area contributed by atoms with E-state index in [0.717, 1.165) is 19.3 Å². The first-order chi connectivity index (χ1) is 9.34. The molecule has 1 aromatic heterocycles. The number of benzene rings is 1. The minimum absolute atomic E-state index is 0.163. The van der Waals surface area contributed by atoms with E-state index >= 15 is 0 Å². The van der Waals surface area contributed by atoms with Gasteiger partial charge in [0.1, 0.15) is 0 Å². The summed E-state index contributed by atoms with van der Waals surface area (Å²) in [4.78, 5) is 4.58. The van der Waals surface area contributed by atoms with Gasteiger partial charge in [-0.25, -0.2) is 0 Å². The van der Waals surface area contributed by atoms with Crippen LogP contribution in [0.15, 0.2) is 48.7 Å². The van der Waals surface area contributed by atoms with Gasteiger partial charge in [-0.2, -0.15) is 0 Å². The summed E-state index contributed by atoms with van der Waals surface area (Å²) in [5.41, 5.74) is 10.4. The second-order valence-corrected chi connectivity index (χ2v) is 5.40. The topological polar surface area (TPSA) is 38.9 Å². The number of hydrogen-bond donors (Lipinski definition) is 1. The summed E-state index contributed by atoms with van der Waals surface area (Å²) in [6.07, 6.45) is 6.37. The maximum absolute atomic E-state index is 6.46. The van der Waals surface area contributed by atoms with Crippen molar-refractivity contribution in [2.24, 2.45) is 5.73 Å². The van der Waals surface area contributed by atoms with Crippen LogP contribution in [0.3, 0.4) is 0 Å². The quantitative estimate of drug-likeness (QED) is 0.911. The van der Waals surface area contributed by atoms with Gasteiger partial charge < -0.3 is 5.73 Å². The molecule has 1 aromatic carbocycles. The fourth-order valence-electron chi connectivity index (χ4n) is 3.09. The molecule has 2 N–H and O–H groups in total. The Morgan fingerprint density at radius 3 is 2.84 bits per heavy atom. The number of fused-ring (bicyclic) bond motifs is 1. The standard InChI is InChI=1S/C17H20N2/c18-16(12-13-6-2-1-3-7-13)15-10-4-8-14-9-5-11-19-17(14)15/h1-3,5-7,9,11,15-16H,4,8,10,12,18H2. The van der Waals surface area contributed by atoms with Gasteiger partial charge in [0.2, 0.25) is 0 Å². The maximum atomic E-state index is 6.46. The number of nitrogens with zero attached hydrogens (tertiary/aromatic N) is 1. The first-order valence-corrected chi connectivity index (χ1v) is 7.08. The summed E-state index contributed by atoms with van der Waals surface area (Å²) in [6.45, 7) is 0. The Hall–Kier alpha value is -1.67. The Labute approximate surface area is 114 Å². The predicted molar refractivity (Wildman–Crippen MR) is 78.0 cm³/mol. The molecule has 2 heteroatoms. The van der Waals surface area contributed by atoms with E-state index in [9.17, 15) is 0 Å². The normalized spacial score (nSPS) is 19.7. The molecule has 1 aliphatic rings. The third kappa shape index (κ3) is 2.69. The maximum Gasteiger partial charge on any atom is 0.0482 e. The molecule has 3 rings (SSSR count). The van der Waals surface area contributed by atoms with Crippen LogP contribution < -0.4 is 5.73 Å². The molecule has 0 radical (unpaired) electrons. The lowest BCUT2D eigenvalue weighted by Gasteiger charge is -2.29. The van der Waals surface area contributed by atoms with Crippen molar-refractivity contribution >= 4 is 0 Å². The highest BCUT2D eigenvalue weighted by Crippen LogP contribution is 2.32. The molecule has 0 saturated carbocycles. The first-order valence-electron chi connectivity index (χ1n) is 7.08. The lowest BCUT2D eigenvalue weighted by Crippen LogP contribution is -2.33. The molecule has 0 saturated heterocycles. The van der Waals surface area contributed by atoms with Crippen molar-refractivity contribution < 1.29 is 0 Å². The number of nitrogens with two attached hydrogens (primary N) is 1. The fraction of sp³-hybridized carbons (Fsp3) is 0.353. The number of aromatic nitrogens is 1. The molecule has 2 nitrogen and oxygen atoms in total. The average molecular weight is 252 g/mol. The van der Waals surface area contributed by atoms with E-state index in [2.05, 4.69) is 35.3 Å². The highest BCUT2D eigenvalue weighted by atomic mass is 14.7. The smallest absolute Gasteiger partial charge is 0.0482 e. The van der Waals surface area contributed by atoms with Gasteiger partial charge in [-0.05, 0) is 42.9 Å². The fourth-order valence-corrected chi connectivity index (χ4v) is 3.09. The Balaban J connectivity index is 1.80. The van der Waals surface area contributed by atoms with E-state index < -0.39 is 0 Å². The molecule has 98 valence electrons. The summed E-state index contributed by atoms with van der Waals surface area (Å²) in [5, 5.41) is 0. The van der Waals surface area contributed by atoms with Crippen molar-refractivity contribution in [3.05, 3.63) is 65.5 Å². The summed E-state index contributed by atoms with van der Waals surface area (Å²) in [6, 6.07) is 14.9. The van der Waals surface area contributed by atoms with Crippen LogP contribution in [-0.2, 0) is 12.8 Å². The number of aryl methyl sites for hydroxylation is 1. The molecule has 0 fully saturated rings. The number of hydrogen-bond acceptors (Lipinski definition) is 2. The van der Waals surface area contributed by atoms with Crippen molar-refractivity contribution in [1.29, 1.82) is 0 Å². The highest BCUT2D eigenvalue weighted by Gasteiger charge is 2.26. The van der Waals surface area contributed by atoms with Gasteiger partial charge in [0, 0.05) is 23.9 Å². The molecular formula is C17H20N2. The van der Waals surface area contributed by atoms with E-state index in [1.807, 2.05) is 18.3 Å². The zero-order valence-corrected chi connectivity index (χ0v) is 11.1. The minimum Gasteiger partial charge on any atom is -0.327 e. The third-order valence-electron chi connectivity index (χ3n) is 4.07. The van der Waals surface area contributed by atoms with Crippen LogP contribution in [0.5, 0.6) is 0 Å². The Bertz CT molecular complexity index is 536. The van der Waals surface area contributed by atoms with Gasteiger partial charge in [0.25, 0.3) is 0 Å². The molecule has 0 bridgehead atoms.